The lowest BCUT2D eigenvalue weighted by Gasteiger charge is -2.22. The van der Waals surface area contributed by atoms with Crippen molar-refractivity contribution in [1.82, 2.24) is 0 Å². The van der Waals surface area contributed by atoms with E-state index in [4.69, 9.17) is 10.2 Å². The largest absolute Gasteiger partial charge is 0.396 e. The number of aliphatic hydroxyl groups excluding tert-OH is 2. The topological polar surface area (TPSA) is 40.5 Å². The molecule has 148 valence electrons. The lowest BCUT2D eigenvalue weighted by atomic mass is 9.84. The van der Waals surface area contributed by atoms with Gasteiger partial charge >= 0.3 is 0 Å². The summed E-state index contributed by atoms with van der Waals surface area (Å²) in [5, 5.41) is 17.1. The highest BCUT2D eigenvalue weighted by atomic mass is 16.3. The normalized spacial score (nSPS) is 12.9. The molecule has 0 amide bonds. The molecule has 1 unspecified atom stereocenters. The van der Waals surface area contributed by atoms with E-state index in [0.29, 0.717) is 18.6 Å². The Bertz CT molecular complexity index is 236. The maximum atomic E-state index is 8.57. The zero-order chi connectivity index (χ0) is 18.8. The number of hydrogen-bond donors (Lipinski definition) is 2. The third kappa shape index (κ3) is 20.0. The van der Waals surface area contributed by atoms with Crippen LogP contribution < -0.4 is 0 Å². The van der Waals surface area contributed by atoms with Crippen LogP contribution in [0, 0.1) is 17.3 Å². The standard InChI is InChI=1S/2C11H24O/c1-10(2)11(3)8-6-4-5-7-9-12;1-4-11(2,3)9-7-5-6-8-10-12/h10-12H,4-9H2,1-3H3;12H,4-10H2,1-3H3. The molecule has 0 radical (unpaired) electrons. The van der Waals surface area contributed by atoms with Crippen molar-refractivity contribution in [2.24, 2.45) is 17.3 Å². The summed E-state index contributed by atoms with van der Waals surface area (Å²) in [5.74, 6) is 1.68. The van der Waals surface area contributed by atoms with E-state index in [0.717, 1.165) is 24.7 Å². The van der Waals surface area contributed by atoms with Crippen molar-refractivity contribution in [1.29, 1.82) is 0 Å². The van der Waals surface area contributed by atoms with E-state index < -0.39 is 0 Å². The minimum Gasteiger partial charge on any atom is -0.396 e. The first-order valence-electron chi connectivity index (χ1n) is 10.5. The highest BCUT2D eigenvalue weighted by Gasteiger charge is 2.13. The third-order valence-corrected chi connectivity index (χ3v) is 5.42. The number of rotatable bonds is 14. The van der Waals surface area contributed by atoms with E-state index in [-0.39, 0.29) is 0 Å². The molecule has 0 bridgehead atoms. The Hall–Kier alpha value is -0.0800. The summed E-state index contributed by atoms with van der Waals surface area (Å²) in [6.07, 6.45) is 13.5. The van der Waals surface area contributed by atoms with Crippen molar-refractivity contribution in [3.8, 4) is 0 Å². The van der Waals surface area contributed by atoms with Crippen LogP contribution in [0.2, 0.25) is 0 Å². The van der Waals surface area contributed by atoms with E-state index in [1.54, 1.807) is 0 Å². The molecule has 2 heteroatoms. The maximum Gasteiger partial charge on any atom is 0.0431 e. The van der Waals surface area contributed by atoms with Gasteiger partial charge in [-0.2, -0.15) is 0 Å². The van der Waals surface area contributed by atoms with Gasteiger partial charge in [0.05, 0.1) is 0 Å². The van der Waals surface area contributed by atoms with Gasteiger partial charge in [-0.15, -0.1) is 0 Å². The van der Waals surface area contributed by atoms with Crippen molar-refractivity contribution < 1.29 is 10.2 Å². The summed E-state index contributed by atoms with van der Waals surface area (Å²) in [4.78, 5) is 0. The number of unbranched alkanes of at least 4 members (excludes halogenated alkanes) is 6. The van der Waals surface area contributed by atoms with Gasteiger partial charge in [-0.3, -0.25) is 0 Å². The fraction of sp³-hybridized carbons (Fsp3) is 1.00. The molecule has 0 spiro atoms. The molecule has 0 aliphatic rings. The number of hydrogen-bond acceptors (Lipinski definition) is 2. The minimum atomic E-state index is 0.358. The van der Waals surface area contributed by atoms with E-state index in [9.17, 15) is 0 Å². The summed E-state index contributed by atoms with van der Waals surface area (Å²) >= 11 is 0. The fourth-order valence-electron chi connectivity index (χ4n) is 2.51. The Labute approximate surface area is 153 Å². The Kier molecular flexibility index (Phi) is 19.3. The van der Waals surface area contributed by atoms with Gasteiger partial charge in [0.25, 0.3) is 0 Å². The molecule has 0 saturated heterocycles. The van der Waals surface area contributed by atoms with Gasteiger partial charge in [-0.25, -0.2) is 0 Å². The van der Waals surface area contributed by atoms with E-state index >= 15 is 0 Å². The van der Waals surface area contributed by atoms with Crippen molar-refractivity contribution in [2.75, 3.05) is 13.2 Å². The molecular formula is C22H48O2. The van der Waals surface area contributed by atoms with Gasteiger partial charge in [0, 0.05) is 13.2 Å². The first kappa shape index (κ1) is 26.2. The summed E-state index contributed by atoms with van der Waals surface area (Å²) in [7, 11) is 0. The molecule has 2 N–H and O–H groups in total. The van der Waals surface area contributed by atoms with Crippen molar-refractivity contribution in [3.05, 3.63) is 0 Å². The lowest BCUT2D eigenvalue weighted by Crippen LogP contribution is -2.08. The van der Waals surface area contributed by atoms with Crippen molar-refractivity contribution >= 4 is 0 Å². The Morgan fingerprint density at radius 1 is 0.708 bits per heavy atom. The lowest BCUT2D eigenvalue weighted by molar-refractivity contribution is 0.275. The number of aliphatic hydroxyl groups is 2. The van der Waals surface area contributed by atoms with Crippen LogP contribution in [0.4, 0.5) is 0 Å². The molecular weight excluding hydrogens is 296 g/mol. The average Bonchev–Trinajstić information content (AvgIpc) is 2.54. The second-order valence-electron chi connectivity index (χ2n) is 8.55. The zero-order valence-corrected chi connectivity index (χ0v) is 17.7. The van der Waals surface area contributed by atoms with E-state index in [1.165, 1.54) is 57.8 Å². The third-order valence-electron chi connectivity index (χ3n) is 5.42. The molecule has 2 nitrogen and oxygen atoms in total. The van der Waals surface area contributed by atoms with Gasteiger partial charge < -0.3 is 10.2 Å². The zero-order valence-electron chi connectivity index (χ0n) is 17.7. The Morgan fingerprint density at radius 3 is 1.58 bits per heavy atom. The highest BCUT2D eigenvalue weighted by Crippen LogP contribution is 2.27. The van der Waals surface area contributed by atoms with Crippen molar-refractivity contribution in [2.45, 2.75) is 112 Å². The molecule has 0 aromatic heterocycles. The van der Waals surface area contributed by atoms with Crippen LogP contribution in [-0.2, 0) is 0 Å². The van der Waals surface area contributed by atoms with Crippen LogP contribution in [0.25, 0.3) is 0 Å². The van der Waals surface area contributed by atoms with Gasteiger partial charge in [0.2, 0.25) is 0 Å². The molecule has 0 aromatic carbocycles. The smallest absolute Gasteiger partial charge is 0.0431 e. The molecule has 0 saturated carbocycles. The molecule has 1 atom stereocenters. The van der Waals surface area contributed by atoms with Gasteiger partial charge in [-0.1, -0.05) is 92.9 Å². The monoisotopic (exact) mass is 344 g/mol. The SMILES string of the molecule is CC(C)C(C)CCCCCCO.CCC(C)(C)CCCCCCO. The summed E-state index contributed by atoms with van der Waals surface area (Å²) < 4.78 is 0. The van der Waals surface area contributed by atoms with Gasteiger partial charge in [0.15, 0.2) is 0 Å². The van der Waals surface area contributed by atoms with Crippen LogP contribution in [0.5, 0.6) is 0 Å². The molecule has 0 heterocycles. The molecule has 0 fully saturated rings. The molecule has 0 aliphatic heterocycles. The second-order valence-corrected chi connectivity index (χ2v) is 8.55. The average molecular weight is 345 g/mol. The van der Waals surface area contributed by atoms with Crippen LogP contribution in [0.15, 0.2) is 0 Å². The fourth-order valence-corrected chi connectivity index (χ4v) is 2.51. The maximum absolute atomic E-state index is 8.57. The van der Waals surface area contributed by atoms with E-state index in [1.807, 2.05) is 0 Å². The summed E-state index contributed by atoms with van der Waals surface area (Å²) in [6.45, 7) is 14.6. The first-order chi connectivity index (χ1) is 11.3. The quantitative estimate of drug-likeness (QED) is 0.349. The Morgan fingerprint density at radius 2 is 1.17 bits per heavy atom. The van der Waals surface area contributed by atoms with Crippen LogP contribution in [-0.4, -0.2) is 23.4 Å². The Balaban J connectivity index is 0. The molecule has 0 aromatic rings. The van der Waals surface area contributed by atoms with Crippen LogP contribution >= 0.6 is 0 Å². The predicted molar refractivity (Wildman–Crippen MR) is 108 cm³/mol. The van der Waals surface area contributed by atoms with E-state index in [2.05, 4.69) is 41.5 Å². The second kappa shape index (κ2) is 17.7. The highest BCUT2D eigenvalue weighted by molar-refractivity contribution is 4.65. The van der Waals surface area contributed by atoms with Gasteiger partial charge in [-0.05, 0) is 36.5 Å². The van der Waals surface area contributed by atoms with Crippen LogP contribution in [0.1, 0.15) is 112 Å². The molecule has 0 rings (SSSR count). The first-order valence-corrected chi connectivity index (χ1v) is 10.5. The van der Waals surface area contributed by atoms with Gasteiger partial charge in [0.1, 0.15) is 0 Å². The van der Waals surface area contributed by atoms with Crippen LogP contribution in [0.3, 0.4) is 0 Å². The molecule has 0 aliphatic carbocycles. The predicted octanol–water partition coefficient (Wildman–Crippen LogP) is 6.59. The van der Waals surface area contributed by atoms with Crippen molar-refractivity contribution in [3.63, 3.8) is 0 Å². The summed E-state index contributed by atoms with van der Waals surface area (Å²) in [6, 6.07) is 0. The molecule has 24 heavy (non-hydrogen) atoms. The minimum absolute atomic E-state index is 0.358. The summed E-state index contributed by atoms with van der Waals surface area (Å²) in [5.41, 5.74) is 0.527.